The van der Waals surface area contributed by atoms with E-state index in [1.165, 1.54) is 13.2 Å². The molecule has 1 aromatic rings. The van der Waals surface area contributed by atoms with Gasteiger partial charge in [-0.05, 0) is 44.3 Å². The molecule has 2 N–H and O–H groups in total. The van der Waals surface area contributed by atoms with E-state index < -0.39 is 16.0 Å². The highest BCUT2D eigenvalue weighted by Crippen LogP contribution is 2.35. The van der Waals surface area contributed by atoms with Crippen LogP contribution < -0.4 is 9.46 Å². The zero-order chi connectivity index (χ0) is 15.3. The molecule has 0 bridgehead atoms. The van der Waals surface area contributed by atoms with Crippen molar-refractivity contribution < 1.29 is 23.1 Å². The van der Waals surface area contributed by atoms with Crippen molar-refractivity contribution in [3.05, 3.63) is 21.1 Å². The van der Waals surface area contributed by atoms with Crippen LogP contribution in [0.15, 0.2) is 21.1 Å². The first kappa shape index (κ1) is 17.3. The fourth-order valence-electron chi connectivity index (χ4n) is 1.40. The van der Waals surface area contributed by atoms with Gasteiger partial charge in [-0.1, -0.05) is 0 Å². The van der Waals surface area contributed by atoms with Gasteiger partial charge in [-0.15, -0.1) is 0 Å². The second-order valence-corrected chi connectivity index (χ2v) is 7.44. The molecule has 0 fully saturated rings. The summed E-state index contributed by atoms with van der Waals surface area (Å²) in [5.41, 5.74) is 0.334. The summed E-state index contributed by atoms with van der Waals surface area (Å²) in [4.78, 5) is 10.4. The molecule has 0 amide bonds. The second kappa shape index (κ2) is 7.28. The van der Waals surface area contributed by atoms with Crippen molar-refractivity contribution in [3.8, 4) is 5.75 Å². The second-order valence-electron chi connectivity index (χ2n) is 3.88. The maximum absolute atomic E-state index is 11.8. The Balaban J connectivity index is 2.84. The van der Waals surface area contributed by atoms with Crippen LogP contribution in [0.2, 0.25) is 0 Å². The molecular weight excluding hydrogens is 418 g/mol. The summed E-state index contributed by atoms with van der Waals surface area (Å²) in [5.74, 6) is -0.799. The highest BCUT2D eigenvalue weighted by Gasteiger charge is 2.15. The van der Waals surface area contributed by atoms with Gasteiger partial charge in [0.25, 0.3) is 0 Å². The van der Waals surface area contributed by atoms with Crippen LogP contribution in [0.4, 0.5) is 5.69 Å². The fourth-order valence-corrected chi connectivity index (χ4v) is 3.91. The Kier molecular flexibility index (Phi) is 6.28. The van der Waals surface area contributed by atoms with Gasteiger partial charge in [0.05, 0.1) is 23.0 Å². The van der Waals surface area contributed by atoms with Crippen LogP contribution in [0.1, 0.15) is 12.8 Å². The smallest absolute Gasteiger partial charge is 0.303 e. The number of aliphatic carboxylic acids is 1. The zero-order valence-electron chi connectivity index (χ0n) is 10.5. The summed E-state index contributed by atoms with van der Waals surface area (Å²) in [6.45, 7) is 0. The highest BCUT2D eigenvalue weighted by molar-refractivity contribution is 9.11. The molecule has 0 aromatic heterocycles. The lowest BCUT2D eigenvalue weighted by Crippen LogP contribution is -2.17. The first-order chi connectivity index (χ1) is 9.25. The number of benzene rings is 1. The quantitative estimate of drug-likeness (QED) is 0.693. The van der Waals surface area contributed by atoms with Gasteiger partial charge < -0.3 is 9.84 Å². The fraction of sp³-hybridized carbons (Fsp3) is 0.364. The number of sulfonamides is 1. The van der Waals surface area contributed by atoms with E-state index in [-0.39, 0.29) is 18.6 Å². The Hall–Kier alpha value is -0.800. The van der Waals surface area contributed by atoms with Gasteiger partial charge >= 0.3 is 5.97 Å². The summed E-state index contributed by atoms with van der Waals surface area (Å²) < 4.78 is 32.4. The van der Waals surface area contributed by atoms with Crippen molar-refractivity contribution in [1.82, 2.24) is 0 Å². The lowest BCUT2D eigenvalue weighted by Gasteiger charge is -2.12. The van der Waals surface area contributed by atoms with Crippen LogP contribution >= 0.6 is 31.9 Å². The third-order valence-corrected chi connectivity index (χ3v) is 4.94. The van der Waals surface area contributed by atoms with Crippen LogP contribution in [0.3, 0.4) is 0 Å². The zero-order valence-corrected chi connectivity index (χ0v) is 14.5. The molecule has 0 aliphatic carbocycles. The molecule has 0 aliphatic heterocycles. The van der Waals surface area contributed by atoms with Crippen LogP contribution in [0, 0.1) is 0 Å². The predicted octanol–water partition coefficient (Wildman–Crippen LogP) is 2.83. The molecule has 0 unspecified atom stereocenters. The number of nitrogens with one attached hydrogen (secondary N) is 1. The van der Waals surface area contributed by atoms with Crippen LogP contribution in [0.5, 0.6) is 5.75 Å². The maximum atomic E-state index is 11.8. The molecule has 0 spiro atoms. The molecule has 9 heteroatoms. The van der Waals surface area contributed by atoms with Crippen LogP contribution in [-0.4, -0.2) is 32.4 Å². The minimum Gasteiger partial charge on any atom is -0.495 e. The van der Waals surface area contributed by atoms with Gasteiger partial charge in [-0.3, -0.25) is 9.52 Å². The number of hydrogen-bond donors (Lipinski definition) is 2. The Morgan fingerprint density at radius 2 is 2.00 bits per heavy atom. The summed E-state index contributed by atoms with van der Waals surface area (Å²) in [6.07, 6.45) is -0.137. The van der Waals surface area contributed by atoms with Gasteiger partial charge in [0.15, 0.2) is 0 Å². The number of halogens is 2. The number of hydrogen-bond acceptors (Lipinski definition) is 4. The Bertz CT molecular complexity index is 603. The number of rotatable bonds is 7. The Labute approximate surface area is 133 Å². The summed E-state index contributed by atoms with van der Waals surface area (Å²) >= 11 is 6.53. The Morgan fingerprint density at radius 1 is 1.35 bits per heavy atom. The maximum Gasteiger partial charge on any atom is 0.303 e. The summed E-state index contributed by atoms with van der Waals surface area (Å²) in [7, 11) is -2.13. The number of methoxy groups -OCH3 is 1. The van der Waals surface area contributed by atoms with Crippen molar-refractivity contribution >= 4 is 53.5 Å². The average Bonchev–Trinajstić information content (AvgIpc) is 2.31. The van der Waals surface area contributed by atoms with E-state index in [2.05, 4.69) is 36.6 Å². The molecule has 0 heterocycles. The largest absolute Gasteiger partial charge is 0.495 e. The lowest BCUT2D eigenvalue weighted by molar-refractivity contribution is -0.137. The number of carbonyl (C=O) groups is 1. The summed E-state index contributed by atoms with van der Waals surface area (Å²) in [5, 5.41) is 8.50. The molecule has 0 saturated heterocycles. The van der Waals surface area contributed by atoms with Gasteiger partial charge in [-0.25, -0.2) is 8.42 Å². The monoisotopic (exact) mass is 429 g/mol. The molecule has 6 nitrogen and oxygen atoms in total. The van der Waals surface area contributed by atoms with Crippen molar-refractivity contribution in [2.24, 2.45) is 0 Å². The molecule has 0 atom stereocenters. The van der Waals surface area contributed by atoms with Gasteiger partial charge in [0, 0.05) is 17.0 Å². The van der Waals surface area contributed by atoms with Crippen LogP contribution in [0.25, 0.3) is 0 Å². The third kappa shape index (κ3) is 5.29. The van der Waals surface area contributed by atoms with E-state index in [9.17, 15) is 13.2 Å². The number of ether oxygens (including phenoxy) is 1. The van der Waals surface area contributed by atoms with E-state index in [0.29, 0.717) is 20.4 Å². The molecule has 0 aliphatic rings. The van der Waals surface area contributed by atoms with Crippen LogP contribution in [-0.2, 0) is 14.8 Å². The van der Waals surface area contributed by atoms with E-state index in [4.69, 9.17) is 9.84 Å². The normalized spacial score (nSPS) is 11.2. The average molecular weight is 431 g/mol. The van der Waals surface area contributed by atoms with Crippen molar-refractivity contribution in [3.63, 3.8) is 0 Å². The van der Waals surface area contributed by atoms with E-state index >= 15 is 0 Å². The van der Waals surface area contributed by atoms with Gasteiger partial charge in [0.2, 0.25) is 10.0 Å². The third-order valence-electron chi connectivity index (χ3n) is 2.31. The topological polar surface area (TPSA) is 92.7 Å². The molecule has 112 valence electrons. The molecular formula is C11H13Br2NO5S. The number of carboxylic acids is 1. The van der Waals surface area contributed by atoms with Crippen molar-refractivity contribution in [2.45, 2.75) is 12.8 Å². The molecule has 20 heavy (non-hydrogen) atoms. The molecule has 1 rings (SSSR count). The van der Waals surface area contributed by atoms with E-state index in [0.717, 1.165) is 0 Å². The first-order valence-electron chi connectivity index (χ1n) is 5.50. The number of carboxylic acid groups (broad SMARTS) is 1. The SMILES string of the molecule is COc1cc(NS(=O)(=O)CCCC(=O)O)c(Br)cc1Br. The van der Waals surface area contributed by atoms with Gasteiger partial charge in [0.1, 0.15) is 5.75 Å². The lowest BCUT2D eigenvalue weighted by atomic mass is 10.3. The predicted molar refractivity (Wildman–Crippen MR) is 82.7 cm³/mol. The first-order valence-corrected chi connectivity index (χ1v) is 8.74. The number of anilines is 1. The van der Waals surface area contributed by atoms with Crippen molar-refractivity contribution in [2.75, 3.05) is 17.6 Å². The molecule has 0 saturated carbocycles. The summed E-state index contributed by atoms with van der Waals surface area (Å²) in [6, 6.07) is 3.19. The minimum absolute atomic E-state index is 0.0515. The highest BCUT2D eigenvalue weighted by atomic mass is 79.9. The molecule has 1 aromatic carbocycles. The minimum atomic E-state index is -3.60. The van der Waals surface area contributed by atoms with Gasteiger partial charge in [-0.2, -0.15) is 0 Å². The van der Waals surface area contributed by atoms with Crippen molar-refractivity contribution in [1.29, 1.82) is 0 Å². The standard InChI is InChI=1S/C11H13Br2NO5S/c1-19-10-6-9(7(12)5-8(10)13)14-20(17,18)4-2-3-11(15)16/h5-6,14H,2-4H2,1H3,(H,15,16). The van der Waals surface area contributed by atoms with E-state index in [1.807, 2.05) is 0 Å². The Morgan fingerprint density at radius 3 is 2.55 bits per heavy atom. The van der Waals surface area contributed by atoms with E-state index in [1.54, 1.807) is 6.07 Å². The molecule has 0 radical (unpaired) electrons.